The lowest BCUT2D eigenvalue weighted by Crippen LogP contribution is -2.39. The van der Waals surface area contributed by atoms with Crippen LogP contribution < -0.4 is 0 Å². The summed E-state index contributed by atoms with van der Waals surface area (Å²) in [6, 6.07) is 9.16. The first-order valence-electron chi connectivity index (χ1n) is 5.76. The molecule has 1 atom stereocenters. The largest absolute Gasteiger partial charge is 0.410 e. The molecular formula is C12H14N2O4S. The molecule has 102 valence electrons. The summed E-state index contributed by atoms with van der Waals surface area (Å²) in [7, 11) is -4.15. The van der Waals surface area contributed by atoms with Crippen LogP contribution in [-0.4, -0.2) is 30.0 Å². The fourth-order valence-electron chi connectivity index (χ4n) is 2.12. The maximum atomic E-state index is 11.7. The zero-order chi connectivity index (χ0) is 14.1. The highest BCUT2D eigenvalue weighted by Gasteiger charge is 2.53. The van der Waals surface area contributed by atoms with E-state index in [9.17, 15) is 8.42 Å². The Kier molecular flexibility index (Phi) is 3.42. The highest BCUT2D eigenvalue weighted by atomic mass is 32.2. The summed E-state index contributed by atoms with van der Waals surface area (Å²) in [6.07, 6.45) is 0.528. The third-order valence-corrected chi connectivity index (χ3v) is 4.47. The van der Waals surface area contributed by atoms with Crippen molar-refractivity contribution in [3.05, 3.63) is 35.9 Å². The van der Waals surface area contributed by atoms with Crippen molar-refractivity contribution in [2.24, 2.45) is 5.16 Å². The first-order valence-corrected chi connectivity index (χ1v) is 7.17. The van der Waals surface area contributed by atoms with Gasteiger partial charge in [-0.05, 0) is 12.0 Å². The SMILES string of the molecule is CCC1(Cc2ccccc2)OS(=O)(=O)/C(=N\O)C1=N. The number of benzene rings is 1. The first kappa shape index (κ1) is 13.7. The zero-order valence-corrected chi connectivity index (χ0v) is 11.1. The van der Waals surface area contributed by atoms with Gasteiger partial charge in [0, 0.05) is 6.42 Å². The van der Waals surface area contributed by atoms with Gasteiger partial charge in [0.05, 0.1) is 0 Å². The Balaban J connectivity index is 2.43. The van der Waals surface area contributed by atoms with Crippen LogP contribution in [0.25, 0.3) is 0 Å². The van der Waals surface area contributed by atoms with E-state index >= 15 is 0 Å². The molecule has 2 N–H and O–H groups in total. The molecule has 1 unspecified atom stereocenters. The smallest absolute Gasteiger partial charge is 0.320 e. The molecule has 0 aromatic heterocycles. The van der Waals surface area contributed by atoms with E-state index in [2.05, 4.69) is 5.16 Å². The Labute approximate surface area is 111 Å². The lowest BCUT2D eigenvalue weighted by molar-refractivity contribution is 0.157. The molecule has 19 heavy (non-hydrogen) atoms. The molecule has 6 nitrogen and oxygen atoms in total. The molecule has 1 aliphatic heterocycles. The maximum absolute atomic E-state index is 11.7. The molecule has 0 bridgehead atoms. The molecule has 0 radical (unpaired) electrons. The lowest BCUT2D eigenvalue weighted by Gasteiger charge is -2.24. The second kappa shape index (κ2) is 4.75. The highest BCUT2D eigenvalue weighted by molar-refractivity contribution is 8.05. The fraction of sp³-hybridized carbons (Fsp3) is 0.333. The normalized spacial score (nSPS) is 27.8. The molecule has 1 aromatic carbocycles. The van der Waals surface area contributed by atoms with Gasteiger partial charge >= 0.3 is 10.1 Å². The van der Waals surface area contributed by atoms with Gasteiger partial charge < -0.3 is 5.21 Å². The Hall–Kier alpha value is -1.73. The van der Waals surface area contributed by atoms with Gasteiger partial charge in [-0.1, -0.05) is 42.4 Å². The molecule has 0 amide bonds. The summed E-state index contributed by atoms with van der Waals surface area (Å²) in [6.45, 7) is 1.73. The van der Waals surface area contributed by atoms with Crippen LogP contribution in [0.3, 0.4) is 0 Å². The average molecular weight is 282 g/mol. The van der Waals surface area contributed by atoms with E-state index in [1.54, 1.807) is 6.92 Å². The first-order chi connectivity index (χ1) is 8.95. The topological polar surface area (TPSA) is 99.8 Å². The van der Waals surface area contributed by atoms with Crippen molar-refractivity contribution in [1.29, 1.82) is 5.41 Å². The lowest BCUT2D eigenvalue weighted by atomic mass is 9.87. The molecule has 1 saturated heterocycles. The third kappa shape index (κ3) is 2.26. The van der Waals surface area contributed by atoms with E-state index in [0.717, 1.165) is 5.56 Å². The minimum absolute atomic E-state index is 0.238. The van der Waals surface area contributed by atoms with Crippen molar-refractivity contribution in [3.63, 3.8) is 0 Å². The van der Waals surface area contributed by atoms with Crippen LogP contribution in [0, 0.1) is 5.41 Å². The predicted octanol–water partition coefficient (Wildman–Crippen LogP) is 1.55. The van der Waals surface area contributed by atoms with Crippen LogP contribution in [0.5, 0.6) is 0 Å². The van der Waals surface area contributed by atoms with Crippen molar-refractivity contribution in [1.82, 2.24) is 0 Å². The number of hydrogen-bond donors (Lipinski definition) is 2. The van der Waals surface area contributed by atoms with E-state index in [1.165, 1.54) is 0 Å². The zero-order valence-electron chi connectivity index (χ0n) is 10.3. The average Bonchev–Trinajstić information content (AvgIpc) is 2.57. The van der Waals surface area contributed by atoms with Gasteiger partial charge in [-0.3, -0.25) is 9.59 Å². The maximum Gasteiger partial charge on any atom is 0.320 e. The molecule has 0 aliphatic carbocycles. The Morgan fingerprint density at radius 2 is 2.00 bits per heavy atom. The van der Waals surface area contributed by atoms with Crippen molar-refractivity contribution >= 4 is 20.9 Å². The van der Waals surface area contributed by atoms with Crippen LogP contribution in [0.4, 0.5) is 0 Å². The highest BCUT2D eigenvalue weighted by Crippen LogP contribution is 2.33. The quantitative estimate of drug-likeness (QED) is 0.499. The molecule has 7 heteroatoms. The molecule has 1 heterocycles. The predicted molar refractivity (Wildman–Crippen MR) is 70.1 cm³/mol. The van der Waals surface area contributed by atoms with Crippen LogP contribution in [0.15, 0.2) is 35.5 Å². The molecule has 1 aliphatic rings. The second-order valence-electron chi connectivity index (χ2n) is 4.33. The van der Waals surface area contributed by atoms with Gasteiger partial charge in [0.15, 0.2) is 0 Å². The third-order valence-electron chi connectivity index (χ3n) is 3.17. The molecule has 1 fully saturated rings. The van der Waals surface area contributed by atoms with Gasteiger partial charge in [-0.15, -0.1) is 0 Å². The van der Waals surface area contributed by atoms with Gasteiger partial charge in [0.25, 0.3) is 0 Å². The second-order valence-corrected chi connectivity index (χ2v) is 5.79. The molecule has 0 spiro atoms. The minimum Gasteiger partial charge on any atom is -0.410 e. The van der Waals surface area contributed by atoms with E-state index in [0.29, 0.717) is 6.42 Å². The summed E-state index contributed by atoms with van der Waals surface area (Å²) < 4.78 is 28.5. The summed E-state index contributed by atoms with van der Waals surface area (Å²) >= 11 is 0. The van der Waals surface area contributed by atoms with Gasteiger partial charge in [-0.2, -0.15) is 8.42 Å². The number of nitrogens with one attached hydrogen (secondary N) is 1. The van der Waals surface area contributed by atoms with Crippen LogP contribution in [0.2, 0.25) is 0 Å². The fourth-order valence-corrected chi connectivity index (χ4v) is 3.41. The van der Waals surface area contributed by atoms with Crippen molar-refractivity contribution in [3.8, 4) is 0 Å². The summed E-state index contributed by atoms with van der Waals surface area (Å²) in [5.74, 6) is 0. The molecule has 2 rings (SSSR count). The van der Waals surface area contributed by atoms with Crippen LogP contribution in [-0.2, 0) is 20.7 Å². The minimum atomic E-state index is -4.15. The number of nitrogens with zero attached hydrogens (tertiary/aromatic N) is 1. The summed E-state index contributed by atoms with van der Waals surface area (Å²) in [5, 5.41) is 18.7. The molecule has 0 saturated carbocycles. The van der Waals surface area contributed by atoms with E-state index < -0.39 is 20.8 Å². The summed E-state index contributed by atoms with van der Waals surface area (Å²) in [5.41, 5.74) is -0.744. The van der Waals surface area contributed by atoms with Crippen LogP contribution >= 0.6 is 0 Å². The number of hydrogen-bond acceptors (Lipinski definition) is 6. The Morgan fingerprint density at radius 1 is 1.37 bits per heavy atom. The van der Waals surface area contributed by atoms with Gasteiger partial charge in [0.2, 0.25) is 5.04 Å². The number of oxime groups is 1. The Morgan fingerprint density at radius 3 is 2.47 bits per heavy atom. The molecule has 1 aromatic rings. The Bertz CT molecular complexity index is 624. The van der Waals surface area contributed by atoms with Gasteiger partial charge in [-0.25, -0.2) is 0 Å². The van der Waals surface area contributed by atoms with E-state index in [-0.39, 0.29) is 12.1 Å². The monoisotopic (exact) mass is 282 g/mol. The summed E-state index contributed by atoms with van der Waals surface area (Å²) in [4.78, 5) is 0. The molecular weight excluding hydrogens is 268 g/mol. The van der Waals surface area contributed by atoms with E-state index in [1.807, 2.05) is 30.3 Å². The van der Waals surface area contributed by atoms with Crippen molar-refractivity contribution in [2.45, 2.75) is 25.4 Å². The van der Waals surface area contributed by atoms with E-state index in [4.69, 9.17) is 14.8 Å². The van der Waals surface area contributed by atoms with Gasteiger partial charge in [0.1, 0.15) is 11.3 Å². The van der Waals surface area contributed by atoms with Crippen LogP contribution in [0.1, 0.15) is 18.9 Å². The van der Waals surface area contributed by atoms with Crippen molar-refractivity contribution < 1.29 is 17.8 Å². The van der Waals surface area contributed by atoms with Crippen molar-refractivity contribution in [2.75, 3.05) is 0 Å². The number of rotatable bonds is 3. The standard InChI is InChI=1S/C12H14N2O4S/c1-2-12(8-9-6-4-3-5-7-9)10(13)11(14-15)19(16,17)18-12/h3-7,13,15H,2,8H2,1H3/b13-10?,14-11-.